The summed E-state index contributed by atoms with van der Waals surface area (Å²) in [6, 6.07) is 0.468. The zero-order valence-electron chi connectivity index (χ0n) is 9.51. The lowest BCUT2D eigenvalue weighted by Crippen LogP contribution is -2.18. The summed E-state index contributed by atoms with van der Waals surface area (Å²) in [4.78, 5) is 4.34. The van der Waals surface area contributed by atoms with Gasteiger partial charge in [0.05, 0.1) is 0 Å². The molecule has 1 aliphatic rings. The van der Waals surface area contributed by atoms with Gasteiger partial charge in [-0.1, -0.05) is 0 Å². The molecule has 16 heavy (non-hydrogen) atoms. The second-order valence-electron chi connectivity index (χ2n) is 4.49. The molecule has 84 valence electrons. The number of fused-ring (bicyclic) bond motifs is 1. The van der Waals surface area contributed by atoms with E-state index < -0.39 is 0 Å². The Morgan fingerprint density at radius 2 is 2.25 bits per heavy atom. The number of rotatable bonds is 3. The van der Waals surface area contributed by atoms with E-state index >= 15 is 0 Å². The van der Waals surface area contributed by atoms with Gasteiger partial charge in [0.15, 0.2) is 5.82 Å². The third-order valence-corrected chi connectivity index (χ3v) is 3.19. The second-order valence-corrected chi connectivity index (χ2v) is 4.49. The molecule has 1 N–H and O–H groups in total. The summed E-state index contributed by atoms with van der Waals surface area (Å²) in [6.07, 6.45) is 6.31. The molecule has 0 spiro atoms. The quantitative estimate of drug-likeness (QED) is 0.849. The Bertz CT molecular complexity index is 514. The van der Waals surface area contributed by atoms with Crippen molar-refractivity contribution in [2.24, 2.45) is 5.92 Å². The van der Waals surface area contributed by atoms with Crippen LogP contribution < -0.4 is 5.32 Å². The van der Waals surface area contributed by atoms with Crippen LogP contribution in [0.3, 0.4) is 0 Å². The van der Waals surface area contributed by atoms with Crippen LogP contribution in [0.5, 0.6) is 0 Å². The molecule has 1 atom stereocenters. The van der Waals surface area contributed by atoms with Gasteiger partial charge in [-0.05, 0) is 32.6 Å². The third kappa shape index (κ3) is 1.52. The summed E-state index contributed by atoms with van der Waals surface area (Å²) in [7, 11) is 0. The molecule has 1 saturated carbocycles. The summed E-state index contributed by atoms with van der Waals surface area (Å²) in [5, 5.41) is 11.6. The van der Waals surface area contributed by atoms with Crippen molar-refractivity contribution in [1.29, 1.82) is 0 Å². The molecular weight excluding hydrogens is 202 g/mol. The number of anilines is 1. The van der Waals surface area contributed by atoms with Crippen LogP contribution in [0.15, 0.2) is 12.4 Å². The topological polar surface area (TPSA) is 55.1 Å². The van der Waals surface area contributed by atoms with Crippen LogP contribution >= 0.6 is 0 Å². The van der Waals surface area contributed by atoms with Gasteiger partial charge in [-0.25, -0.2) is 4.98 Å². The molecule has 5 heteroatoms. The summed E-state index contributed by atoms with van der Waals surface area (Å²) in [5.74, 6) is 2.52. The van der Waals surface area contributed by atoms with Crippen molar-refractivity contribution in [2.45, 2.75) is 32.7 Å². The lowest BCUT2D eigenvalue weighted by molar-refractivity contribution is 0.690. The molecule has 0 amide bonds. The number of nitrogens with zero attached hydrogens (tertiary/aromatic N) is 4. The number of nitrogens with one attached hydrogen (secondary N) is 1. The average molecular weight is 217 g/mol. The SMILES string of the molecule is Cc1nnc2c(NC(C)C3CC3)nccn12. The van der Waals surface area contributed by atoms with Gasteiger partial charge in [0.1, 0.15) is 5.82 Å². The first-order valence-electron chi connectivity index (χ1n) is 5.68. The fraction of sp³-hybridized carbons (Fsp3) is 0.545. The minimum absolute atomic E-state index is 0.468. The summed E-state index contributed by atoms with van der Waals surface area (Å²) in [5.41, 5.74) is 0.813. The fourth-order valence-corrected chi connectivity index (χ4v) is 1.97. The first-order valence-corrected chi connectivity index (χ1v) is 5.68. The van der Waals surface area contributed by atoms with Gasteiger partial charge in [-0.2, -0.15) is 0 Å². The lowest BCUT2D eigenvalue weighted by Gasteiger charge is -2.13. The fourth-order valence-electron chi connectivity index (χ4n) is 1.97. The van der Waals surface area contributed by atoms with Crippen molar-refractivity contribution in [2.75, 3.05) is 5.32 Å². The van der Waals surface area contributed by atoms with Crippen LogP contribution in [0.2, 0.25) is 0 Å². The highest BCUT2D eigenvalue weighted by Crippen LogP contribution is 2.34. The smallest absolute Gasteiger partial charge is 0.203 e. The second kappa shape index (κ2) is 3.43. The van der Waals surface area contributed by atoms with Crippen molar-refractivity contribution in [1.82, 2.24) is 19.6 Å². The molecule has 0 saturated heterocycles. The molecule has 0 aromatic carbocycles. The van der Waals surface area contributed by atoms with Crippen molar-refractivity contribution >= 4 is 11.5 Å². The normalized spacial score (nSPS) is 17.6. The zero-order valence-corrected chi connectivity index (χ0v) is 9.51. The highest BCUT2D eigenvalue weighted by atomic mass is 15.3. The summed E-state index contributed by atoms with van der Waals surface area (Å²) >= 11 is 0. The van der Waals surface area contributed by atoms with Crippen LogP contribution in [-0.4, -0.2) is 25.6 Å². The molecule has 3 rings (SSSR count). The number of hydrogen-bond acceptors (Lipinski definition) is 4. The summed E-state index contributed by atoms with van der Waals surface area (Å²) in [6.45, 7) is 4.14. The van der Waals surface area contributed by atoms with Crippen molar-refractivity contribution in [3.63, 3.8) is 0 Å². The van der Waals surface area contributed by atoms with Gasteiger partial charge < -0.3 is 5.32 Å². The van der Waals surface area contributed by atoms with E-state index in [2.05, 4.69) is 27.4 Å². The highest BCUT2D eigenvalue weighted by molar-refractivity contribution is 5.62. The molecule has 2 aromatic heterocycles. The molecule has 1 fully saturated rings. The maximum Gasteiger partial charge on any atom is 0.203 e. The Morgan fingerprint density at radius 1 is 1.44 bits per heavy atom. The summed E-state index contributed by atoms with van der Waals surface area (Å²) < 4.78 is 1.95. The number of aromatic nitrogens is 4. The number of aryl methyl sites for hydroxylation is 1. The number of hydrogen-bond donors (Lipinski definition) is 1. The van der Waals surface area contributed by atoms with E-state index in [1.807, 2.05) is 17.5 Å². The molecule has 1 unspecified atom stereocenters. The lowest BCUT2D eigenvalue weighted by atomic mass is 10.2. The van der Waals surface area contributed by atoms with Crippen LogP contribution in [0.25, 0.3) is 5.65 Å². The molecule has 0 aliphatic heterocycles. The van der Waals surface area contributed by atoms with E-state index in [9.17, 15) is 0 Å². The predicted molar refractivity (Wildman–Crippen MR) is 61.3 cm³/mol. The molecule has 0 bridgehead atoms. The van der Waals surface area contributed by atoms with Gasteiger partial charge in [0.2, 0.25) is 5.65 Å². The Labute approximate surface area is 93.9 Å². The third-order valence-electron chi connectivity index (χ3n) is 3.19. The van der Waals surface area contributed by atoms with Crippen molar-refractivity contribution < 1.29 is 0 Å². The van der Waals surface area contributed by atoms with E-state index in [-0.39, 0.29) is 0 Å². The Balaban J connectivity index is 1.96. The van der Waals surface area contributed by atoms with Gasteiger partial charge >= 0.3 is 0 Å². The molecule has 2 heterocycles. The first-order chi connectivity index (χ1) is 7.75. The van der Waals surface area contributed by atoms with E-state index in [0.717, 1.165) is 23.2 Å². The maximum atomic E-state index is 4.34. The van der Waals surface area contributed by atoms with Gasteiger partial charge in [0.25, 0.3) is 0 Å². The van der Waals surface area contributed by atoms with E-state index in [4.69, 9.17) is 0 Å². The Hall–Kier alpha value is -1.65. The maximum absolute atomic E-state index is 4.34. The van der Waals surface area contributed by atoms with E-state index in [1.165, 1.54) is 12.8 Å². The molecule has 0 radical (unpaired) electrons. The van der Waals surface area contributed by atoms with E-state index in [1.54, 1.807) is 6.20 Å². The van der Waals surface area contributed by atoms with Gasteiger partial charge in [-0.3, -0.25) is 4.40 Å². The first kappa shape index (κ1) is 9.57. The van der Waals surface area contributed by atoms with E-state index in [0.29, 0.717) is 6.04 Å². The Morgan fingerprint density at radius 3 is 3.00 bits per heavy atom. The minimum atomic E-state index is 0.468. The van der Waals surface area contributed by atoms with Gasteiger partial charge in [-0.15, -0.1) is 10.2 Å². The molecule has 2 aromatic rings. The predicted octanol–water partition coefficient (Wildman–Crippen LogP) is 1.64. The molecular formula is C11H15N5. The monoisotopic (exact) mass is 217 g/mol. The average Bonchev–Trinajstić information content (AvgIpc) is 3.05. The van der Waals surface area contributed by atoms with Crippen LogP contribution in [-0.2, 0) is 0 Å². The highest BCUT2D eigenvalue weighted by Gasteiger charge is 2.28. The minimum Gasteiger partial charge on any atom is -0.364 e. The van der Waals surface area contributed by atoms with Crippen molar-refractivity contribution in [3.8, 4) is 0 Å². The zero-order chi connectivity index (χ0) is 11.1. The van der Waals surface area contributed by atoms with Crippen molar-refractivity contribution in [3.05, 3.63) is 18.2 Å². The molecule has 1 aliphatic carbocycles. The van der Waals surface area contributed by atoms with Crippen LogP contribution in [0, 0.1) is 12.8 Å². The largest absolute Gasteiger partial charge is 0.364 e. The van der Waals surface area contributed by atoms with Crippen LogP contribution in [0.1, 0.15) is 25.6 Å². The Kier molecular flexibility index (Phi) is 2.05. The van der Waals surface area contributed by atoms with Crippen LogP contribution in [0.4, 0.5) is 5.82 Å². The standard InChI is InChI=1S/C11H15N5/c1-7(9-3-4-9)13-10-11-15-14-8(2)16(11)6-5-12-10/h5-7,9H,3-4H2,1-2H3,(H,12,13). The molecule has 5 nitrogen and oxygen atoms in total. The van der Waals surface area contributed by atoms with Gasteiger partial charge in [0, 0.05) is 18.4 Å².